The van der Waals surface area contributed by atoms with Crippen LogP contribution in [0.3, 0.4) is 0 Å². The topological polar surface area (TPSA) is 351 Å². The van der Waals surface area contributed by atoms with Gasteiger partial charge in [-0.2, -0.15) is 19.0 Å². The molecule has 0 bridgehead atoms. The van der Waals surface area contributed by atoms with Crippen molar-refractivity contribution in [3.8, 4) is 28.9 Å². The van der Waals surface area contributed by atoms with E-state index < -0.39 is 5.91 Å². The normalized spacial score (nSPS) is 12.2. The van der Waals surface area contributed by atoms with Crippen molar-refractivity contribution in [2.45, 2.75) is 0 Å². The average molecular weight is 1150 g/mol. The first-order valence-electron chi connectivity index (χ1n) is 23.2. The van der Waals surface area contributed by atoms with Crippen LogP contribution in [0.25, 0.3) is 34.5 Å². The van der Waals surface area contributed by atoms with Crippen molar-refractivity contribution in [2.24, 2.45) is 0 Å². The second-order valence-corrected chi connectivity index (χ2v) is 17.8. The van der Waals surface area contributed by atoms with E-state index in [0.717, 1.165) is 50.8 Å². The minimum Gasteiger partial charge on any atom is -0.491 e. The van der Waals surface area contributed by atoms with E-state index in [9.17, 15) is 4.79 Å². The molecule has 1 aliphatic rings. The number of methoxy groups -OCH3 is 1. The SMILES string of the molecule is COCCOc1ccc(N2CCN(CCN(C)c3cc4nc(-c5ccco5)nn4c(N)n3)CC2)cc1.Nc1nc(Cl)cc(Cl)n1.Nc1nc(Cl)cc(NNC(=O)c2ccco2)n1.Nc1nc(Cl)cc2nc(-c3ccco3)nn12. The molecule has 9 aromatic heterocycles. The van der Waals surface area contributed by atoms with Crippen LogP contribution in [-0.4, -0.2) is 137 Å². The molecule has 10 aromatic rings. The summed E-state index contributed by atoms with van der Waals surface area (Å²) < 4.78 is 29.1. The van der Waals surface area contributed by atoms with Gasteiger partial charge < -0.3 is 55.5 Å². The Kier molecular flexibility index (Phi) is 18.8. The van der Waals surface area contributed by atoms with Gasteiger partial charge in [0.1, 0.15) is 38.8 Å². The standard InChI is InChI=1S/C25H32N8O3.C9H8ClN5O2.C9H6ClN5O.C4H3Cl2N3/c1-30(22-18-23-27-24(21-4-3-15-36-21)29-33(23)25(26)28-22)9-10-31-11-13-32(14-12-31)19-5-7-20(8-6-19)35-17-16-34-2;10-6-4-7(13-9(11)12-6)14-15-8(16)5-2-1-3-17-5;10-6-4-7-13-8(5-2-1-3-16-5)14-15(7)9(11)12-6;5-2-1-3(6)9-4(7)8-2/h3-8,15,18H,9-14,16-17H2,1-2H3,(H2,26,28);1-4H,(H,15,16)(H3,11,12,13,14);1-4H,(H2,11,12);1H,(H2,7,8,9). The summed E-state index contributed by atoms with van der Waals surface area (Å²) in [7, 11) is 3.70. The largest absolute Gasteiger partial charge is 0.491 e. The van der Waals surface area contributed by atoms with Crippen molar-refractivity contribution in [1.29, 1.82) is 0 Å². The van der Waals surface area contributed by atoms with Crippen LogP contribution in [0.2, 0.25) is 20.6 Å². The minimum atomic E-state index is -0.441. The first-order valence-corrected chi connectivity index (χ1v) is 24.7. The summed E-state index contributed by atoms with van der Waals surface area (Å²) in [6.07, 6.45) is 4.54. The molecular weight excluding hydrogens is 1100 g/mol. The molecule has 11 rings (SSSR count). The van der Waals surface area contributed by atoms with E-state index in [1.54, 1.807) is 50.0 Å². The number of rotatable bonds is 14. The molecule has 10 N–H and O–H groups in total. The maximum absolute atomic E-state index is 11.5. The zero-order valence-corrected chi connectivity index (χ0v) is 44.5. The molecule has 0 atom stereocenters. The summed E-state index contributed by atoms with van der Waals surface area (Å²) in [4.78, 5) is 50.3. The van der Waals surface area contributed by atoms with Gasteiger partial charge in [-0.05, 0) is 60.7 Å². The third-order valence-corrected chi connectivity index (χ3v) is 11.6. The fourth-order valence-electron chi connectivity index (χ4n) is 7.12. The van der Waals surface area contributed by atoms with Crippen LogP contribution in [0.1, 0.15) is 10.6 Å². The zero-order valence-electron chi connectivity index (χ0n) is 41.5. The Morgan fingerprint density at radius 3 is 1.78 bits per heavy atom. The number of hydrogen-bond acceptors (Lipinski definition) is 24. The molecular formula is C47H49Cl4N21O6. The Morgan fingerprint density at radius 1 is 0.654 bits per heavy atom. The van der Waals surface area contributed by atoms with E-state index in [1.807, 2.05) is 31.3 Å². The number of hydrazine groups is 1. The highest BCUT2D eigenvalue weighted by Gasteiger charge is 2.20. The molecule has 1 amide bonds. The van der Waals surface area contributed by atoms with Crippen LogP contribution in [-0.2, 0) is 4.74 Å². The number of amides is 1. The summed E-state index contributed by atoms with van der Waals surface area (Å²) in [6, 6.07) is 24.9. The van der Waals surface area contributed by atoms with Gasteiger partial charge in [0.2, 0.25) is 35.4 Å². The molecule has 1 fully saturated rings. The Hall–Kier alpha value is -8.73. The van der Waals surface area contributed by atoms with Crippen molar-refractivity contribution in [3.63, 3.8) is 0 Å². The second-order valence-electron chi connectivity index (χ2n) is 16.2. The maximum Gasteiger partial charge on any atom is 0.305 e. The molecule has 27 nitrogen and oxygen atoms in total. The van der Waals surface area contributed by atoms with Crippen LogP contribution < -0.4 is 48.3 Å². The highest BCUT2D eigenvalue weighted by atomic mass is 35.5. The molecule has 406 valence electrons. The molecule has 0 aliphatic carbocycles. The highest BCUT2D eigenvalue weighted by molar-refractivity contribution is 6.33. The second kappa shape index (κ2) is 26.4. The van der Waals surface area contributed by atoms with Crippen molar-refractivity contribution in [3.05, 3.63) is 130 Å². The number of aromatic nitrogens is 12. The van der Waals surface area contributed by atoms with Crippen LogP contribution in [0.15, 0.2) is 117 Å². The van der Waals surface area contributed by atoms with E-state index in [0.29, 0.717) is 53.6 Å². The van der Waals surface area contributed by atoms with Crippen LogP contribution in [0.5, 0.6) is 5.75 Å². The number of anilines is 7. The minimum absolute atomic E-state index is 0.00671. The molecule has 0 saturated carbocycles. The van der Waals surface area contributed by atoms with E-state index >= 15 is 0 Å². The highest BCUT2D eigenvalue weighted by Crippen LogP contribution is 2.24. The number of nitrogens with one attached hydrogen (secondary N) is 2. The number of piperazine rings is 1. The van der Waals surface area contributed by atoms with Gasteiger partial charge in [-0.1, -0.05) is 46.4 Å². The summed E-state index contributed by atoms with van der Waals surface area (Å²) in [6.45, 7) is 6.90. The number of nitrogens with zero attached hydrogens (tertiary/aromatic N) is 15. The van der Waals surface area contributed by atoms with Gasteiger partial charge in [0.05, 0.1) is 25.4 Å². The number of nitrogen functional groups attached to an aromatic ring is 4. The van der Waals surface area contributed by atoms with Crippen LogP contribution in [0, 0.1) is 0 Å². The first kappa shape index (κ1) is 55.5. The molecule has 1 aliphatic heterocycles. The fraction of sp³-hybridized carbons (Fsp3) is 0.213. The van der Waals surface area contributed by atoms with Gasteiger partial charge in [-0.3, -0.25) is 20.5 Å². The predicted octanol–water partition coefficient (Wildman–Crippen LogP) is 6.30. The van der Waals surface area contributed by atoms with E-state index in [1.165, 1.54) is 39.2 Å². The summed E-state index contributed by atoms with van der Waals surface area (Å²) >= 11 is 22.3. The number of fused-ring (bicyclic) bond motifs is 2. The summed E-state index contributed by atoms with van der Waals surface area (Å²) in [5, 5.41) is 9.54. The molecule has 0 radical (unpaired) electrons. The van der Waals surface area contributed by atoms with Crippen LogP contribution >= 0.6 is 46.4 Å². The average Bonchev–Trinajstić information content (AvgIpc) is 4.29. The molecule has 0 spiro atoms. The number of halogens is 4. The molecule has 10 heterocycles. The van der Waals surface area contributed by atoms with E-state index in [4.69, 9.17) is 92.1 Å². The van der Waals surface area contributed by atoms with Crippen molar-refractivity contribution < 1.29 is 27.5 Å². The molecule has 1 saturated heterocycles. The maximum atomic E-state index is 11.5. The van der Waals surface area contributed by atoms with Gasteiger partial charge in [-0.15, -0.1) is 10.2 Å². The Balaban J connectivity index is 0.000000158. The first-order chi connectivity index (χ1) is 37.7. The lowest BCUT2D eigenvalue weighted by atomic mass is 10.2. The van der Waals surface area contributed by atoms with Gasteiger partial charge in [-0.25, -0.2) is 29.9 Å². The number of likely N-dealkylation sites (N-methyl/N-ethyl adjacent to an activating group) is 1. The van der Waals surface area contributed by atoms with Crippen molar-refractivity contribution >= 4 is 105 Å². The van der Waals surface area contributed by atoms with E-state index in [2.05, 4.69) is 87.8 Å². The molecule has 0 unspecified atom stereocenters. The van der Waals surface area contributed by atoms with Crippen molar-refractivity contribution in [1.82, 2.24) is 69.4 Å². The Morgan fingerprint density at radius 2 is 1.22 bits per heavy atom. The summed E-state index contributed by atoms with van der Waals surface area (Å²) in [5.74, 6) is 4.32. The van der Waals surface area contributed by atoms with Gasteiger partial charge in [0.15, 0.2) is 34.4 Å². The fourth-order valence-corrected chi connectivity index (χ4v) is 7.93. The number of ether oxygens (including phenoxy) is 2. The predicted molar refractivity (Wildman–Crippen MR) is 294 cm³/mol. The van der Waals surface area contributed by atoms with Gasteiger partial charge in [0.25, 0.3) is 0 Å². The lowest BCUT2D eigenvalue weighted by Gasteiger charge is -2.36. The Labute approximate surface area is 463 Å². The molecule has 78 heavy (non-hydrogen) atoms. The number of nitrogens with two attached hydrogens (primary N) is 4. The third-order valence-electron chi connectivity index (χ3n) is 10.9. The number of carbonyl (C=O) groups excluding carboxylic acids is 1. The van der Waals surface area contributed by atoms with E-state index in [-0.39, 0.29) is 50.0 Å². The number of benzene rings is 1. The number of hydrogen-bond donors (Lipinski definition) is 6. The molecule has 1 aromatic carbocycles. The monoisotopic (exact) mass is 1140 g/mol. The molecule has 31 heteroatoms. The lowest BCUT2D eigenvalue weighted by molar-refractivity contribution is 0.0935. The zero-order chi connectivity index (χ0) is 55.1. The van der Waals surface area contributed by atoms with Crippen molar-refractivity contribution in [2.75, 3.05) is 105 Å². The van der Waals surface area contributed by atoms with Gasteiger partial charge in [0, 0.05) is 83.4 Å². The third kappa shape index (κ3) is 15.2. The smallest absolute Gasteiger partial charge is 0.305 e. The van der Waals surface area contributed by atoms with Gasteiger partial charge >= 0.3 is 5.91 Å². The summed E-state index contributed by atoms with van der Waals surface area (Å²) in [5.41, 5.74) is 29.7. The number of furan rings is 3. The Bertz CT molecular complexity index is 3440. The lowest BCUT2D eigenvalue weighted by Crippen LogP contribution is -2.48. The quantitative estimate of drug-likeness (QED) is 0.0395. The number of carbonyl (C=O) groups is 1. The van der Waals surface area contributed by atoms with Crippen LogP contribution in [0.4, 0.5) is 41.1 Å².